The van der Waals surface area contributed by atoms with E-state index in [1.54, 1.807) is 27.7 Å². The van der Waals surface area contributed by atoms with Crippen LogP contribution >= 0.6 is 0 Å². The Morgan fingerprint density at radius 2 is 1.83 bits per heavy atom. The monoisotopic (exact) mass is 591 g/mol. The summed E-state index contributed by atoms with van der Waals surface area (Å²) in [7, 11) is -4.15. The summed E-state index contributed by atoms with van der Waals surface area (Å²) in [5, 5.41) is 8.66. The van der Waals surface area contributed by atoms with Crippen LogP contribution in [0.25, 0.3) is 5.82 Å². The number of sulfonamides is 1. The van der Waals surface area contributed by atoms with Crippen molar-refractivity contribution in [2.24, 2.45) is 22.7 Å². The first-order valence-corrected chi connectivity index (χ1v) is 16.7. The fraction of sp³-hybridized carbons (Fsp3) is 0.600. The van der Waals surface area contributed by atoms with Crippen LogP contribution in [0.2, 0.25) is 0 Å². The summed E-state index contributed by atoms with van der Waals surface area (Å²) >= 11 is 0. The van der Waals surface area contributed by atoms with Crippen LogP contribution in [0, 0.1) is 22.7 Å². The minimum atomic E-state index is -4.15. The van der Waals surface area contributed by atoms with E-state index in [1.165, 1.54) is 31.7 Å². The van der Waals surface area contributed by atoms with Gasteiger partial charge >= 0.3 is 0 Å². The van der Waals surface area contributed by atoms with Gasteiger partial charge in [0.1, 0.15) is 5.82 Å². The van der Waals surface area contributed by atoms with E-state index in [4.69, 9.17) is 9.72 Å². The molecule has 2 spiro atoms. The predicted molar refractivity (Wildman–Crippen MR) is 154 cm³/mol. The lowest BCUT2D eigenvalue weighted by molar-refractivity contribution is 0.0981. The van der Waals surface area contributed by atoms with Gasteiger partial charge in [-0.25, -0.2) is 14.4 Å². The summed E-state index contributed by atoms with van der Waals surface area (Å²) in [4.78, 5) is 20.6. The maximum absolute atomic E-state index is 13.5. The maximum Gasteiger partial charge on any atom is 0.283 e. The Kier molecular flexibility index (Phi) is 5.50. The lowest BCUT2D eigenvalue weighted by Gasteiger charge is -2.34. The number of fused-ring (bicyclic) bond motifs is 7. The number of nitrogens with zero attached hydrogens (tertiary/aromatic N) is 6. The normalized spacial score (nSPS) is 26.0. The van der Waals surface area contributed by atoms with Crippen molar-refractivity contribution < 1.29 is 17.9 Å². The summed E-state index contributed by atoms with van der Waals surface area (Å²) in [5.41, 5.74) is 1.26. The van der Waals surface area contributed by atoms with Crippen LogP contribution in [0.15, 0.2) is 41.7 Å². The van der Waals surface area contributed by atoms with Crippen LogP contribution < -0.4 is 14.4 Å². The van der Waals surface area contributed by atoms with Gasteiger partial charge in [-0.1, -0.05) is 0 Å². The Morgan fingerprint density at radius 3 is 2.60 bits per heavy atom. The van der Waals surface area contributed by atoms with Crippen LogP contribution in [0.5, 0.6) is 5.88 Å². The van der Waals surface area contributed by atoms with Gasteiger partial charge in [-0.2, -0.15) is 13.5 Å². The number of hydrogen-bond donors (Lipinski definition) is 1. The molecule has 3 aliphatic carbocycles. The van der Waals surface area contributed by atoms with Crippen molar-refractivity contribution in [3.63, 3.8) is 0 Å². The van der Waals surface area contributed by atoms with Gasteiger partial charge in [0, 0.05) is 37.1 Å². The highest BCUT2D eigenvalue weighted by Gasteiger charge is 2.85. The van der Waals surface area contributed by atoms with Crippen LogP contribution in [-0.4, -0.2) is 57.6 Å². The quantitative estimate of drug-likeness (QED) is 0.473. The highest BCUT2D eigenvalue weighted by molar-refractivity contribution is 7.90. The van der Waals surface area contributed by atoms with Crippen molar-refractivity contribution in [2.75, 3.05) is 18.1 Å². The molecule has 0 aromatic carbocycles. The molecule has 3 aromatic rings. The number of hydrogen-bond acceptors (Lipinski definition) is 8. The molecule has 2 aliphatic heterocycles. The second-order valence-electron chi connectivity index (χ2n) is 13.6. The van der Waals surface area contributed by atoms with E-state index in [0.717, 1.165) is 38.1 Å². The molecule has 222 valence electrons. The minimum Gasteiger partial charge on any atom is -0.477 e. The number of nitrogens with one attached hydrogen (secondary N) is 1. The summed E-state index contributed by atoms with van der Waals surface area (Å²) < 4.78 is 37.6. The molecule has 4 fully saturated rings. The zero-order valence-corrected chi connectivity index (χ0v) is 24.9. The number of ether oxygens (including phenoxy) is 1. The lowest BCUT2D eigenvalue weighted by atomic mass is 9.93. The Hall–Kier alpha value is -3.41. The summed E-state index contributed by atoms with van der Waals surface area (Å²) in [6, 6.07) is 6.59. The second-order valence-corrected chi connectivity index (χ2v) is 15.3. The number of anilines is 1. The molecule has 1 unspecified atom stereocenters. The molecule has 1 atom stereocenters. The first-order valence-electron chi connectivity index (χ1n) is 15.2. The summed E-state index contributed by atoms with van der Waals surface area (Å²) in [5.74, 6) is 2.04. The van der Waals surface area contributed by atoms with Crippen molar-refractivity contribution >= 4 is 21.7 Å². The molecule has 42 heavy (non-hydrogen) atoms. The standard InChI is InChI=1S/C30H37N7O4S/c1-28(2)18-20-4-3-14-35-15-8-25(33-35)42(39,40)34-27(38)21-5-6-23(31-26(21)36(28)19-20)37-16-7-24(32-37)41-17-9-22-29(10-11-29)30(22)12-13-30/h5-8,15-16,20,22H,3-4,9-14,17-19H2,1-2H3,(H,34,38). The molecular formula is C30H37N7O4S. The molecule has 8 rings (SSSR count). The van der Waals surface area contributed by atoms with Gasteiger partial charge in [-0.3, -0.25) is 9.48 Å². The van der Waals surface area contributed by atoms with Gasteiger partial charge in [0.25, 0.3) is 15.9 Å². The van der Waals surface area contributed by atoms with Crippen molar-refractivity contribution in [3.05, 3.63) is 42.2 Å². The van der Waals surface area contributed by atoms with E-state index >= 15 is 0 Å². The Bertz CT molecular complexity index is 1670. The second kappa shape index (κ2) is 8.81. The average molecular weight is 592 g/mol. The number of aromatic nitrogens is 5. The van der Waals surface area contributed by atoms with E-state index in [0.29, 0.717) is 47.4 Å². The third kappa shape index (κ3) is 4.08. The van der Waals surface area contributed by atoms with E-state index in [1.807, 2.05) is 12.3 Å². The predicted octanol–water partition coefficient (Wildman–Crippen LogP) is 3.94. The lowest BCUT2D eigenvalue weighted by Crippen LogP contribution is -2.41. The Morgan fingerprint density at radius 1 is 1.05 bits per heavy atom. The van der Waals surface area contributed by atoms with E-state index < -0.39 is 15.9 Å². The van der Waals surface area contributed by atoms with Gasteiger partial charge < -0.3 is 9.64 Å². The van der Waals surface area contributed by atoms with Gasteiger partial charge in [0.2, 0.25) is 5.88 Å². The number of carbonyl (C=O) groups is 1. The minimum absolute atomic E-state index is 0.173. The zero-order valence-electron chi connectivity index (χ0n) is 24.1. The highest BCUT2D eigenvalue weighted by atomic mass is 32.2. The number of pyridine rings is 1. The van der Waals surface area contributed by atoms with Crippen LogP contribution in [0.3, 0.4) is 0 Å². The van der Waals surface area contributed by atoms with Crippen LogP contribution in [-0.2, 0) is 16.6 Å². The maximum atomic E-state index is 13.5. The van der Waals surface area contributed by atoms with Crippen LogP contribution in [0.4, 0.5) is 5.82 Å². The first-order chi connectivity index (χ1) is 20.1. The van der Waals surface area contributed by atoms with E-state index in [9.17, 15) is 13.2 Å². The third-order valence-corrected chi connectivity index (χ3v) is 11.9. The van der Waals surface area contributed by atoms with E-state index in [2.05, 4.69) is 33.7 Å². The molecule has 11 nitrogen and oxygen atoms in total. The number of amides is 1. The van der Waals surface area contributed by atoms with Gasteiger partial charge in [-0.15, -0.1) is 5.10 Å². The largest absolute Gasteiger partial charge is 0.477 e. The molecule has 3 saturated carbocycles. The topological polar surface area (TPSA) is 124 Å². The molecule has 3 aromatic heterocycles. The van der Waals surface area contributed by atoms with Crippen molar-refractivity contribution in [2.45, 2.75) is 82.3 Å². The molecule has 1 amide bonds. The third-order valence-electron chi connectivity index (χ3n) is 10.7. The Balaban J connectivity index is 1.07. The molecule has 5 aliphatic rings. The van der Waals surface area contributed by atoms with Gasteiger partial charge in [-0.05, 0) is 106 Å². The zero-order chi connectivity index (χ0) is 28.9. The first kappa shape index (κ1) is 26.2. The smallest absolute Gasteiger partial charge is 0.283 e. The fourth-order valence-electron chi connectivity index (χ4n) is 8.43. The fourth-order valence-corrected chi connectivity index (χ4v) is 9.34. The molecular weight excluding hydrogens is 554 g/mol. The number of carbonyl (C=O) groups excluding carboxylic acids is 1. The van der Waals surface area contributed by atoms with Crippen molar-refractivity contribution in [3.8, 4) is 11.7 Å². The molecule has 5 heterocycles. The van der Waals surface area contributed by atoms with Crippen molar-refractivity contribution in [1.29, 1.82) is 0 Å². The number of aryl methyl sites for hydroxylation is 1. The van der Waals surface area contributed by atoms with Gasteiger partial charge in [0.05, 0.1) is 12.2 Å². The summed E-state index contributed by atoms with van der Waals surface area (Å²) in [6.07, 6.45) is 12.9. The molecule has 0 radical (unpaired) electrons. The molecule has 12 heteroatoms. The average Bonchev–Trinajstić information content (AvgIpc) is 3.85. The van der Waals surface area contributed by atoms with Gasteiger partial charge in [0.15, 0.2) is 10.8 Å². The molecule has 1 N–H and O–H groups in total. The van der Waals surface area contributed by atoms with E-state index in [-0.39, 0.29) is 16.1 Å². The summed E-state index contributed by atoms with van der Waals surface area (Å²) in [6.45, 7) is 6.30. The Labute approximate surface area is 245 Å². The SMILES string of the molecule is CC1(C)CC2CCCn3ccc(n3)S(=O)(=O)NC(=O)c3ccc(-n4ccc(OCCC5C6(CC6)C56CC6)n4)nc3N1C2. The van der Waals surface area contributed by atoms with Crippen LogP contribution in [0.1, 0.15) is 75.6 Å². The molecule has 1 saturated heterocycles. The number of rotatable bonds is 5. The molecule has 4 bridgehead atoms. The van der Waals surface area contributed by atoms with Crippen molar-refractivity contribution in [1.82, 2.24) is 29.3 Å². The highest BCUT2D eigenvalue weighted by Crippen LogP contribution is 2.93.